The van der Waals surface area contributed by atoms with Crippen molar-refractivity contribution in [1.29, 1.82) is 0 Å². The number of fused-ring (bicyclic) bond motifs is 1. The fraction of sp³-hybridized carbons (Fsp3) is 0.160. The molecule has 168 valence electrons. The SMILES string of the molecule is CCC(C)c1ccc2oc(-c3ccc(Cl)c(NC(=S)NC(=O)c4cccc(F)c4)c3)nc2c1. The summed E-state index contributed by atoms with van der Waals surface area (Å²) in [6, 6.07) is 16.6. The molecule has 0 aliphatic rings. The summed E-state index contributed by atoms with van der Waals surface area (Å²) in [5, 5.41) is 5.85. The van der Waals surface area contributed by atoms with E-state index in [2.05, 4.69) is 35.5 Å². The van der Waals surface area contributed by atoms with Gasteiger partial charge in [0, 0.05) is 11.1 Å². The minimum absolute atomic E-state index is 0.0269. The van der Waals surface area contributed by atoms with Gasteiger partial charge < -0.3 is 9.73 Å². The highest BCUT2D eigenvalue weighted by atomic mass is 35.5. The van der Waals surface area contributed by atoms with E-state index in [0.717, 1.165) is 18.0 Å². The highest BCUT2D eigenvalue weighted by Gasteiger charge is 2.14. The van der Waals surface area contributed by atoms with Gasteiger partial charge in [-0.1, -0.05) is 37.6 Å². The summed E-state index contributed by atoms with van der Waals surface area (Å²) in [4.78, 5) is 16.9. The average molecular weight is 482 g/mol. The van der Waals surface area contributed by atoms with Gasteiger partial charge in [-0.25, -0.2) is 9.37 Å². The van der Waals surface area contributed by atoms with Crippen molar-refractivity contribution < 1.29 is 13.6 Å². The monoisotopic (exact) mass is 481 g/mol. The molecule has 4 aromatic rings. The topological polar surface area (TPSA) is 67.2 Å². The van der Waals surface area contributed by atoms with E-state index in [0.29, 0.717) is 33.7 Å². The smallest absolute Gasteiger partial charge is 0.257 e. The lowest BCUT2D eigenvalue weighted by atomic mass is 9.98. The Morgan fingerprint density at radius 1 is 1.18 bits per heavy atom. The fourth-order valence-corrected chi connectivity index (χ4v) is 3.69. The number of carbonyl (C=O) groups excluding carboxylic acids is 1. The Hall–Kier alpha value is -3.29. The van der Waals surface area contributed by atoms with Crippen LogP contribution in [0.3, 0.4) is 0 Å². The Morgan fingerprint density at radius 3 is 2.76 bits per heavy atom. The van der Waals surface area contributed by atoms with Gasteiger partial charge in [-0.15, -0.1) is 0 Å². The highest BCUT2D eigenvalue weighted by molar-refractivity contribution is 7.80. The quantitative estimate of drug-likeness (QED) is 0.302. The van der Waals surface area contributed by atoms with Gasteiger partial charge in [0.05, 0.1) is 10.7 Å². The average Bonchev–Trinajstić information content (AvgIpc) is 3.23. The maximum absolute atomic E-state index is 13.4. The third kappa shape index (κ3) is 5.21. The Balaban J connectivity index is 1.54. The van der Waals surface area contributed by atoms with E-state index >= 15 is 0 Å². The van der Waals surface area contributed by atoms with Crippen molar-refractivity contribution in [3.63, 3.8) is 0 Å². The van der Waals surface area contributed by atoms with Crippen molar-refractivity contribution in [1.82, 2.24) is 10.3 Å². The fourth-order valence-electron chi connectivity index (χ4n) is 3.32. The molecule has 33 heavy (non-hydrogen) atoms. The number of anilines is 1. The maximum Gasteiger partial charge on any atom is 0.257 e. The molecule has 1 aromatic heterocycles. The molecule has 0 aliphatic carbocycles. The molecule has 5 nitrogen and oxygen atoms in total. The Morgan fingerprint density at radius 2 is 2.00 bits per heavy atom. The van der Waals surface area contributed by atoms with Gasteiger partial charge >= 0.3 is 0 Å². The van der Waals surface area contributed by atoms with E-state index in [4.69, 9.17) is 28.2 Å². The summed E-state index contributed by atoms with van der Waals surface area (Å²) >= 11 is 11.5. The molecule has 4 rings (SSSR count). The summed E-state index contributed by atoms with van der Waals surface area (Å²) in [6.45, 7) is 4.32. The van der Waals surface area contributed by atoms with Crippen LogP contribution in [0.5, 0.6) is 0 Å². The maximum atomic E-state index is 13.4. The van der Waals surface area contributed by atoms with E-state index in [9.17, 15) is 9.18 Å². The second-order valence-corrected chi connectivity index (χ2v) is 8.48. The number of thiocarbonyl (C=S) groups is 1. The van der Waals surface area contributed by atoms with Crippen molar-refractivity contribution in [2.24, 2.45) is 0 Å². The minimum Gasteiger partial charge on any atom is -0.436 e. The number of hydrogen-bond donors (Lipinski definition) is 2. The number of benzene rings is 3. The molecule has 0 radical (unpaired) electrons. The molecule has 3 aromatic carbocycles. The molecule has 0 bridgehead atoms. The van der Waals surface area contributed by atoms with Crippen LogP contribution < -0.4 is 10.6 Å². The Labute approximate surface area is 201 Å². The van der Waals surface area contributed by atoms with Crippen LogP contribution in [-0.2, 0) is 0 Å². The second kappa shape index (κ2) is 9.68. The van der Waals surface area contributed by atoms with E-state index < -0.39 is 11.7 Å². The number of aromatic nitrogens is 1. The van der Waals surface area contributed by atoms with Crippen LogP contribution in [0.4, 0.5) is 10.1 Å². The first kappa shape index (κ1) is 22.9. The Kier molecular flexibility index (Phi) is 6.72. The predicted molar refractivity (Wildman–Crippen MR) is 133 cm³/mol. The number of rotatable bonds is 5. The summed E-state index contributed by atoms with van der Waals surface area (Å²) < 4.78 is 19.3. The Bertz CT molecular complexity index is 1350. The third-order valence-corrected chi connectivity index (χ3v) is 5.90. The van der Waals surface area contributed by atoms with Crippen LogP contribution in [0.15, 0.2) is 65.1 Å². The lowest BCUT2D eigenvalue weighted by Gasteiger charge is -2.12. The second-order valence-electron chi connectivity index (χ2n) is 7.67. The van der Waals surface area contributed by atoms with Crippen LogP contribution in [0.25, 0.3) is 22.6 Å². The van der Waals surface area contributed by atoms with Crippen molar-refractivity contribution >= 4 is 51.6 Å². The molecule has 1 unspecified atom stereocenters. The standard InChI is InChI=1S/C25H21ClFN3O2S/c1-3-14(2)15-8-10-22-21(12-15)28-24(32-22)17-7-9-19(26)20(13-17)29-25(33)30-23(31)16-5-4-6-18(27)11-16/h4-14H,3H2,1-2H3,(H2,29,30,31,33). The van der Waals surface area contributed by atoms with Gasteiger partial charge in [-0.2, -0.15) is 0 Å². The van der Waals surface area contributed by atoms with Crippen molar-refractivity contribution in [2.45, 2.75) is 26.2 Å². The predicted octanol–water partition coefficient (Wildman–Crippen LogP) is 6.93. The van der Waals surface area contributed by atoms with Crippen LogP contribution in [-0.4, -0.2) is 16.0 Å². The molecule has 1 amide bonds. The van der Waals surface area contributed by atoms with Gasteiger partial charge in [-0.3, -0.25) is 10.1 Å². The van der Waals surface area contributed by atoms with E-state index in [-0.39, 0.29) is 10.7 Å². The number of oxazole rings is 1. The number of carbonyl (C=O) groups is 1. The number of amides is 1. The molecule has 0 fully saturated rings. The summed E-state index contributed by atoms with van der Waals surface area (Å²) in [7, 11) is 0. The van der Waals surface area contributed by atoms with Crippen LogP contribution in [0.2, 0.25) is 5.02 Å². The molecule has 0 saturated carbocycles. The van der Waals surface area contributed by atoms with Gasteiger partial charge in [-0.05, 0) is 78.7 Å². The zero-order valence-electron chi connectivity index (χ0n) is 18.0. The normalized spacial score (nSPS) is 11.9. The van der Waals surface area contributed by atoms with Gasteiger partial charge in [0.25, 0.3) is 5.91 Å². The number of halogens is 2. The zero-order chi connectivity index (χ0) is 23.5. The first-order chi connectivity index (χ1) is 15.8. The first-order valence-corrected chi connectivity index (χ1v) is 11.2. The van der Waals surface area contributed by atoms with E-state index in [1.165, 1.54) is 23.8 Å². The number of hydrogen-bond acceptors (Lipinski definition) is 4. The first-order valence-electron chi connectivity index (χ1n) is 10.4. The molecule has 8 heteroatoms. The minimum atomic E-state index is -0.532. The molecule has 0 aliphatic heterocycles. The lowest BCUT2D eigenvalue weighted by Crippen LogP contribution is -2.34. The number of nitrogens with zero attached hydrogens (tertiary/aromatic N) is 1. The van der Waals surface area contributed by atoms with Crippen LogP contribution in [0.1, 0.15) is 42.1 Å². The molecule has 2 N–H and O–H groups in total. The van der Waals surface area contributed by atoms with Gasteiger partial charge in [0.1, 0.15) is 11.3 Å². The molecule has 1 atom stereocenters. The van der Waals surface area contributed by atoms with Gasteiger partial charge in [0.15, 0.2) is 10.7 Å². The molecule has 0 spiro atoms. The summed E-state index contributed by atoms with van der Waals surface area (Å²) in [5.41, 5.74) is 4.01. The summed E-state index contributed by atoms with van der Waals surface area (Å²) in [6.07, 6.45) is 1.04. The van der Waals surface area contributed by atoms with Crippen molar-refractivity contribution in [3.8, 4) is 11.5 Å². The lowest BCUT2D eigenvalue weighted by molar-refractivity contribution is 0.0977. The van der Waals surface area contributed by atoms with Crippen molar-refractivity contribution in [2.75, 3.05) is 5.32 Å². The van der Waals surface area contributed by atoms with E-state index in [1.54, 1.807) is 18.2 Å². The third-order valence-electron chi connectivity index (χ3n) is 5.37. The van der Waals surface area contributed by atoms with E-state index in [1.807, 2.05) is 12.1 Å². The summed E-state index contributed by atoms with van der Waals surface area (Å²) in [5.74, 6) is -0.160. The van der Waals surface area contributed by atoms with Crippen LogP contribution >= 0.6 is 23.8 Å². The molecular weight excluding hydrogens is 461 g/mol. The molecule has 0 saturated heterocycles. The van der Waals surface area contributed by atoms with Crippen LogP contribution in [0, 0.1) is 5.82 Å². The highest BCUT2D eigenvalue weighted by Crippen LogP contribution is 2.31. The van der Waals surface area contributed by atoms with Gasteiger partial charge in [0.2, 0.25) is 5.89 Å². The zero-order valence-corrected chi connectivity index (χ0v) is 19.6. The number of nitrogens with one attached hydrogen (secondary N) is 2. The molecule has 1 heterocycles. The largest absolute Gasteiger partial charge is 0.436 e. The van der Waals surface area contributed by atoms with Crippen molar-refractivity contribution in [3.05, 3.63) is 82.6 Å². The molecular formula is C25H21ClFN3O2S.